The van der Waals surface area contributed by atoms with Crippen molar-refractivity contribution in [2.75, 3.05) is 78.9 Å². The van der Waals surface area contributed by atoms with E-state index in [4.69, 9.17) is 53.8 Å². The molecule has 0 saturated carbocycles. The maximum atomic E-state index is 9.02. The second-order valence-corrected chi connectivity index (χ2v) is 9.08. The molecule has 1 radical (unpaired) electrons. The number of nitrogens with zero attached hydrogens (tertiary/aromatic N) is 2. The summed E-state index contributed by atoms with van der Waals surface area (Å²) in [6.45, 7) is 5.30. The summed E-state index contributed by atoms with van der Waals surface area (Å²) in [5, 5.41) is 55.1. The first-order valence-electron chi connectivity index (χ1n) is 13.1. The van der Waals surface area contributed by atoms with Crippen molar-refractivity contribution in [2.24, 2.45) is 0 Å². The van der Waals surface area contributed by atoms with Crippen molar-refractivity contribution in [3.05, 3.63) is 70.8 Å². The van der Waals surface area contributed by atoms with Crippen molar-refractivity contribution >= 4 is 23.2 Å². The van der Waals surface area contributed by atoms with Gasteiger partial charge in [-0.1, -0.05) is 48.5 Å². The summed E-state index contributed by atoms with van der Waals surface area (Å²) in [6, 6.07) is 16.1. The number of nitrogens with one attached hydrogen (secondary N) is 1. The van der Waals surface area contributed by atoms with E-state index in [-0.39, 0.29) is 58.2 Å². The van der Waals surface area contributed by atoms with Crippen LogP contribution in [0.4, 0.5) is 0 Å². The molecular weight excluding hydrogens is 596 g/mol. The van der Waals surface area contributed by atoms with E-state index >= 15 is 0 Å². The van der Waals surface area contributed by atoms with Gasteiger partial charge < -0.3 is 36.0 Å². The molecule has 0 unspecified atom stereocenters. The van der Waals surface area contributed by atoms with Gasteiger partial charge in [0.1, 0.15) is 0 Å². The molecule has 9 nitrogen and oxygen atoms in total. The molecule has 0 aromatic heterocycles. The Kier molecular flexibility index (Phi) is 30.8. The normalized spacial score (nSPS) is 10.4. The van der Waals surface area contributed by atoms with Gasteiger partial charge in [-0.15, -0.1) is 23.2 Å². The molecule has 0 bridgehead atoms. The number of hydrogen-bond donors (Lipinski definition) is 7. The molecule has 0 aliphatic rings. The van der Waals surface area contributed by atoms with Crippen LogP contribution in [0.3, 0.4) is 0 Å². The minimum atomic E-state index is 0. The predicted octanol–water partition coefficient (Wildman–Crippen LogP) is 0.982. The van der Waals surface area contributed by atoms with E-state index in [1.807, 2.05) is 58.3 Å². The summed E-state index contributed by atoms with van der Waals surface area (Å²) in [5.74, 6) is 1.14. The maximum absolute atomic E-state index is 9.02. The molecule has 0 atom stereocenters. The van der Waals surface area contributed by atoms with E-state index in [0.29, 0.717) is 64.1 Å². The third-order valence-corrected chi connectivity index (χ3v) is 6.03. The van der Waals surface area contributed by atoms with E-state index in [1.165, 1.54) is 0 Å². The number of aliphatic hydroxyl groups excluding tert-OH is 6. The molecule has 2 aromatic carbocycles. The number of hydrogen-bond acceptors (Lipinski definition) is 9. The van der Waals surface area contributed by atoms with Gasteiger partial charge in [0, 0.05) is 82.7 Å². The Bertz CT molecular complexity index is 719. The van der Waals surface area contributed by atoms with Gasteiger partial charge >= 0.3 is 0 Å². The molecule has 0 heterocycles. The van der Waals surface area contributed by atoms with Crippen LogP contribution >= 0.6 is 23.2 Å². The van der Waals surface area contributed by atoms with Crippen LogP contribution in [-0.2, 0) is 43.4 Å². The zero-order valence-corrected chi connectivity index (χ0v) is 26.1. The molecule has 7 N–H and O–H groups in total. The van der Waals surface area contributed by atoms with Crippen LogP contribution in [0.25, 0.3) is 0 Å². The Morgan fingerprint density at radius 3 is 0.975 bits per heavy atom. The summed E-state index contributed by atoms with van der Waals surface area (Å²) in [4.78, 5) is 4.00. The largest absolute Gasteiger partial charge is 0.395 e. The SMILES string of the molecule is ClCc1ccc(CCl)cc1.OCCN(CCO)Cc1ccc(CN(CCO)CCO)cc1.OCCNCCO.[V]. The Morgan fingerprint density at radius 1 is 0.475 bits per heavy atom. The average Bonchev–Trinajstić information content (AvgIpc) is 2.96. The van der Waals surface area contributed by atoms with Gasteiger partial charge in [-0.05, 0) is 22.3 Å². The number of aliphatic hydroxyl groups is 6. The van der Waals surface area contributed by atoms with Crippen molar-refractivity contribution in [1.82, 2.24) is 15.1 Å². The van der Waals surface area contributed by atoms with E-state index in [0.717, 1.165) is 22.3 Å². The van der Waals surface area contributed by atoms with Crippen LogP contribution in [0, 0.1) is 0 Å². The van der Waals surface area contributed by atoms with Gasteiger partial charge in [-0.3, -0.25) is 9.80 Å². The molecule has 12 heteroatoms. The molecule has 2 aromatic rings. The first-order chi connectivity index (χ1) is 19.0. The van der Waals surface area contributed by atoms with Crippen molar-refractivity contribution < 1.29 is 49.2 Å². The second-order valence-electron chi connectivity index (χ2n) is 8.54. The van der Waals surface area contributed by atoms with Gasteiger partial charge in [-0.2, -0.15) is 0 Å². The predicted molar refractivity (Wildman–Crippen MR) is 158 cm³/mol. The fourth-order valence-corrected chi connectivity index (χ4v) is 3.73. The van der Waals surface area contributed by atoms with Gasteiger partial charge in [0.25, 0.3) is 0 Å². The van der Waals surface area contributed by atoms with E-state index in [1.54, 1.807) is 0 Å². The minimum absolute atomic E-state index is 0. The number of halogens is 2. The molecule has 229 valence electrons. The van der Waals surface area contributed by atoms with Crippen molar-refractivity contribution in [3.63, 3.8) is 0 Å². The fourth-order valence-electron chi connectivity index (χ4n) is 3.37. The Hall–Kier alpha value is -0.756. The van der Waals surface area contributed by atoms with Crippen LogP contribution in [0.2, 0.25) is 0 Å². The summed E-state index contributed by atoms with van der Waals surface area (Å²) >= 11 is 11.2. The number of benzene rings is 2. The molecule has 0 saturated heterocycles. The maximum Gasteiger partial charge on any atom is 0.0558 e. The molecule has 0 aliphatic heterocycles. The summed E-state index contributed by atoms with van der Waals surface area (Å²) < 4.78 is 0. The first kappa shape index (κ1) is 41.4. The number of alkyl halides is 2. The van der Waals surface area contributed by atoms with Crippen molar-refractivity contribution in [3.8, 4) is 0 Å². The quantitative estimate of drug-likeness (QED) is 0.0937. The van der Waals surface area contributed by atoms with Crippen LogP contribution in [-0.4, -0.2) is 119 Å². The second kappa shape index (κ2) is 29.7. The topological polar surface area (TPSA) is 140 Å². The molecule has 0 fully saturated rings. The van der Waals surface area contributed by atoms with Crippen molar-refractivity contribution in [2.45, 2.75) is 24.8 Å². The molecule has 0 amide bonds. The number of rotatable bonds is 18. The minimum Gasteiger partial charge on any atom is -0.395 e. The molecular formula is C28H47Cl2N3O6V. The fraction of sp³-hybridized carbons (Fsp3) is 0.571. The Morgan fingerprint density at radius 2 is 0.750 bits per heavy atom. The smallest absolute Gasteiger partial charge is 0.0558 e. The van der Waals surface area contributed by atoms with Gasteiger partial charge in [0.15, 0.2) is 0 Å². The monoisotopic (exact) mass is 642 g/mol. The standard InChI is InChI=1S/C16H28N2O4.C8H8Cl2.C4H11NO2.V/c19-9-5-17(6-10-20)13-15-1-2-16(4-3-15)14-18(7-11-21)8-12-22;9-5-7-1-2-8(6-10)4-3-7;6-3-1-5-2-4-7;/h1-4,19-22H,5-14H2;1-4H,5-6H2;5-7H,1-4H2;. The van der Waals surface area contributed by atoms with Crippen LogP contribution in [0.5, 0.6) is 0 Å². The van der Waals surface area contributed by atoms with Gasteiger partial charge in [0.05, 0.1) is 39.6 Å². The molecule has 0 spiro atoms. The zero-order chi connectivity index (χ0) is 29.1. The molecule has 0 aliphatic carbocycles. The third kappa shape index (κ3) is 21.9. The summed E-state index contributed by atoms with van der Waals surface area (Å²) in [7, 11) is 0. The third-order valence-electron chi connectivity index (χ3n) is 5.41. The van der Waals surface area contributed by atoms with E-state index in [2.05, 4.69) is 5.32 Å². The van der Waals surface area contributed by atoms with Gasteiger partial charge in [0.2, 0.25) is 0 Å². The Balaban J connectivity index is 0. The summed E-state index contributed by atoms with van der Waals surface area (Å²) in [6.07, 6.45) is 0. The van der Waals surface area contributed by atoms with Crippen LogP contribution in [0.15, 0.2) is 48.5 Å². The first-order valence-corrected chi connectivity index (χ1v) is 14.2. The van der Waals surface area contributed by atoms with Crippen LogP contribution in [0.1, 0.15) is 22.3 Å². The molecule has 40 heavy (non-hydrogen) atoms. The van der Waals surface area contributed by atoms with Crippen LogP contribution < -0.4 is 5.32 Å². The Labute approximate surface area is 261 Å². The van der Waals surface area contributed by atoms with Gasteiger partial charge in [-0.25, -0.2) is 0 Å². The van der Waals surface area contributed by atoms with Crippen molar-refractivity contribution in [1.29, 1.82) is 0 Å². The molecule has 2 rings (SSSR count). The van der Waals surface area contributed by atoms with E-state index in [9.17, 15) is 0 Å². The zero-order valence-electron chi connectivity index (χ0n) is 23.2. The average molecular weight is 644 g/mol. The summed E-state index contributed by atoms with van der Waals surface area (Å²) in [5.41, 5.74) is 4.52. The van der Waals surface area contributed by atoms with E-state index < -0.39 is 0 Å².